The Bertz CT molecular complexity index is 546. The molecule has 1 heterocycles. The van der Waals surface area contributed by atoms with Crippen LogP contribution < -0.4 is 10.2 Å². The number of rotatable bonds is 4. The summed E-state index contributed by atoms with van der Waals surface area (Å²) in [6.45, 7) is 7.13. The van der Waals surface area contributed by atoms with Gasteiger partial charge in [-0.15, -0.1) is 0 Å². The predicted molar refractivity (Wildman–Crippen MR) is 83.1 cm³/mol. The maximum Gasteiger partial charge on any atom is 0.151 e. The highest BCUT2D eigenvalue weighted by Crippen LogP contribution is 2.20. The maximum absolute atomic E-state index is 4.65. The normalized spacial score (nSPS) is 11.4. The van der Waals surface area contributed by atoms with E-state index < -0.39 is 0 Å². The Labute approximate surface area is 120 Å². The molecule has 0 spiro atoms. The third-order valence-corrected chi connectivity index (χ3v) is 2.96. The number of anilines is 2. The average molecular weight is 270 g/mol. The molecule has 0 atom stereocenters. The Hall–Kier alpha value is -1.94. The molecule has 1 aromatic heterocycles. The lowest BCUT2D eigenvalue weighted by Crippen LogP contribution is -2.35. The smallest absolute Gasteiger partial charge is 0.151 e. The van der Waals surface area contributed by atoms with Crippen LogP contribution in [0.5, 0.6) is 0 Å². The number of benzene rings is 1. The third-order valence-electron chi connectivity index (χ3n) is 2.96. The van der Waals surface area contributed by atoms with Crippen molar-refractivity contribution in [2.24, 2.45) is 0 Å². The van der Waals surface area contributed by atoms with Gasteiger partial charge in [-0.3, -0.25) is 4.98 Å². The topological polar surface area (TPSA) is 41.1 Å². The van der Waals surface area contributed by atoms with Gasteiger partial charge in [0, 0.05) is 31.0 Å². The molecule has 4 nitrogen and oxygen atoms in total. The summed E-state index contributed by atoms with van der Waals surface area (Å²) in [6.07, 6.45) is 3.59. The second-order valence-electron chi connectivity index (χ2n) is 5.87. The summed E-state index contributed by atoms with van der Waals surface area (Å²) in [7, 11) is 2.00. The van der Waals surface area contributed by atoms with Gasteiger partial charge in [-0.1, -0.05) is 18.2 Å². The summed E-state index contributed by atoms with van der Waals surface area (Å²) >= 11 is 0. The fraction of sp³-hybridized carbons (Fsp3) is 0.375. The molecule has 2 aromatic rings. The van der Waals surface area contributed by atoms with E-state index in [0.717, 1.165) is 17.2 Å². The SMILES string of the molecule is CN(c1ccccc1)c1cncc(CNC(C)(C)C)n1. The van der Waals surface area contributed by atoms with E-state index in [-0.39, 0.29) is 5.54 Å². The van der Waals surface area contributed by atoms with Crippen LogP contribution in [0.25, 0.3) is 0 Å². The molecule has 1 aromatic carbocycles. The largest absolute Gasteiger partial charge is 0.328 e. The highest BCUT2D eigenvalue weighted by Gasteiger charge is 2.10. The van der Waals surface area contributed by atoms with E-state index in [4.69, 9.17) is 0 Å². The lowest BCUT2D eigenvalue weighted by Gasteiger charge is -2.21. The number of aromatic nitrogens is 2. The quantitative estimate of drug-likeness (QED) is 0.926. The van der Waals surface area contributed by atoms with E-state index in [1.165, 1.54) is 0 Å². The van der Waals surface area contributed by atoms with Gasteiger partial charge in [-0.2, -0.15) is 0 Å². The van der Waals surface area contributed by atoms with Crippen LogP contribution in [0.3, 0.4) is 0 Å². The second-order valence-corrected chi connectivity index (χ2v) is 5.87. The molecule has 2 rings (SSSR count). The van der Waals surface area contributed by atoms with Gasteiger partial charge in [-0.05, 0) is 32.9 Å². The number of hydrogen-bond donors (Lipinski definition) is 1. The van der Waals surface area contributed by atoms with Crippen molar-refractivity contribution < 1.29 is 0 Å². The summed E-state index contributed by atoms with van der Waals surface area (Å²) in [5, 5.41) is 3.42. The van der Waals surface area contributed by atoms with Crippen molar-refractivity contribution in [2.45, 2.75) is 32.9 Å². The zero-order valence-corrected chi connectivity index (χ0v) is 12.6. The van der Waals surface area contributed by atoms with E-state index in [2.05, 4.69) is 48.2 Å². The Kier molecular flexibility index (Phi) is 4.35. The molecular formula is C16H22N4. The first-order valence-electron chi connectivity index (χ1n) is 6.80. The maximum atomic E-state index is 4.65. The first kappa shape index (κ1) is 14.5. The molecule has 0 saturated carbocycles. The minimum atomic E-state index is 0.0724. The van der Waals surface area contributed by atoms with Gasteiger partial charge < -0.3 is 10.2 Å². The molecule has 0 aliphatic rings. The van der Waals surface area contributed by atoms with Crippen LogP contribution >= 0.6 is 0 Å². The molecule has 0 bridgehead atoms. The summed E-state index contributed by atoms with van der Waals surface area (Å²) in [5.41, 5.74) is 2.12. The van der Waals surface area contributed by atoms with Crippen LogP contribution in [0.2, 0.25) is 0 Å². The molecule has 0 radical (unpaired) electrons. The number of nitrogens with zero attached hydrogens (tertiary/aromatic N) is 3. The van der Waals surface area contributed by atoms with Gasteiger partial charge in [-0.25, -0.2) is 4.98 Å². The fourth-order valence-corrected chi connectivity index (χ4v) is 1.78. The minimum Gasteiger partial charge on any atom is -0.328 e. The van der Waals surface area contributed by atoms with Crippen molar-refractivity contribution in [2.75, 3.05) is 11.9 Å². The van der Waals surface area contributed by atoms with Gasteiger partial charge in [0.15, 0.2) is 5.82 Å². The van der Waals surface area contributed by atoms with Crippen LogP contribution in [-0.4, -0.2) is 22.6 Å². The van der Waals surface area contributed by atoms with E-state index in [0.29, 0.717) is 6.54 Å². The Morgan fingerprint density at radius 1 is 1.10 bits per heavy atom. The summed E-state index contributed by atoms with van der Waals surface area (Å²) in [5.74, 6) is 0.851. The van der Waals surface area contributed by atoms with E-state index in [1.54, 1.807) is 12.4 Å². The summed E-state index contributed by atoms with van der Waals surface area (Å²) in [4.78, 5) is 11.0. The predicted octanol–water partition coefficient (Wildman–Crippen LogP) is 3.13. The van der Waals surface area contributed by atoms with Crippen molar-refractivity contribution in [1.82, 2.24) is 15.3 Å². The lowest BCUT2D eigenvalue weighted by atomic mass is 10.1. The zero-order chi connectivity index (χ0) is 14.6. The highest BCUT2D eigenvalue weighted by atomic mass is 15.2. The van der Waals surface area contributed by atoms with Gasteiger partial charge >= 0.3 is 0 Å². The number of para-hydroxylation sites is 1. The second kappa shape index (κ2) is 6.01. The van der Waals surface area contributed by atoms with Crippen LogP contribution in [-0.2, 0) is 6.54 Å². The molecule has 0 unspecified atom stereocenters. The summed E-state index contributed by atoms with van der Waals surface area (Å²) < 4.78 is 0. The van der Waals surface area contributed by atoms with Crippen molar-refractivity contribution in [3.05, 3.63) is 48.4 Å². The standard InChI is InChI=1S/C16H22N4/c1-16(2,3)18-11-13-10-17-12-15(19-13)20(4)14-8-6-5-7-9-14/h5-10,12,18H,11H2,1-4H3. The monoisotopic (exact) mass is 270 g/mol. The van der Waals surface area contributed by atoms with E-state index in [1.807, 2.05) is 30.1 Å². The third kappa shape index (κ3) is 4.03. The molecule has 0 saturated heterocycles. The van der Waals surface area contributed by atoms with Gasteiger partial charge in [0.05, 0.1) is 11.9 Å². The Morgan fingerprint density at radius 2 is 1.80 bits per heavy atom. The molecule has 1 N–H and O–H groups in total. The van der Waals surface area contributed by atoms with Crippen molar-refractivity contribution in [1.29, 1.82) is 0 Å². The van der Waals surface area contributed by atoms with Gasteiger partial charge in [0.2, 0.25) is 0 Å². The van der Waals surface area contributed by atoms with Crippen LogP contribution in [0, 0.1) is 0 Å². The van der Waals surface area contributed by atoms with Crippen LogP contribution in [0.15, 0.2) is 42.7 Å². The van der Waals surface area contributed by atoms with Gasteiger partial charge in [0.1, 0.15) is 0 Å². The number of nitrogens with one attached hydrogen (secondary N) is 1. The fourth-order valence-electron chi connectivity index (χ4n) is 1.78. The molecule has 0 aliphatic heterocycles. The van der Waals surface area contributed by atoms with Crippen molar-refractivity contribution in [3.63, 3.8) is 0 Å². The average Bonchev–Trinajstić information content (AvgIpc) is 2.45. The highest BCUT2D eigenvalue weighted by molar-refractivity contribution is 5.57. The first-order chi connectivity index (χ1) is 9.46. The Balaban J connectivity index is 2.13. The molecule has 0 amide bonds. The number of hydrogen-bond acceptors (Lipinski definition) is 4. The molecule has 20 heavy (non-hydrogen) atoms. The van der Waals surface area contributed by atoms with Crippen LogP contribution in [0.4, 0.5) is 11.5 Å². The minimum absolute atomic E-state index is 0.0724. The van der Waals surface area contributed by atoms with E-state index in [9.17, 15) is 0 Å². The molecule has 0 fully saturated rings. The lowest BCUT2D eigenvalue weighted by molar-refractivity contribution is 0.421. The van der Waals surface area contributed by atoms with Gasteiger partial charge in [0.25, 0.3) is 0 Å². The zero-order valence-electron chi connectivity index (χ0n) is 12.6. The first-order valence-corrected chi connectivity index (χ1v) is 6.80. The van der Waals surface area contributed by atoms with E-state index >= 15 is 0 Å². The molecule has 4 heteroatoms. The van der Waals surface area contributed by atoms with Crippen molar-refractivity contribution in [3.8, 4) is 0 Å². The van der Waals surface area contributed by atoms with Crippen molar-refractivity contribution >= 4 is 11.5 Å². The molecular weight excluding hydrogens is 248 g/mol. The van der Waals surface area contributed by atoms with Crippen LogP contribution in [0.1, 0.15) is 26.5 Å². The Morgan fingerprint density at radius 3 is 2.45 bits per heavy atom. The summed E-state index contributed by atoms with van der Waals surface area (Å²) in [6, 6.07) is 10.2. The molecule has 106 valence electrons. The molecule has 0 aliphatic carbocycles.